The van der Waals surface area contributed by atoms with Gasteiger partial charge in [-0.2, -0.15) is 0 Å². The van der Waals surface area contributed by atoms with Crippen LogP contribution in [0.25, 0.3) is 0 Å². The first-order valence-electron chi connectivity index (χ1n) is 31.8. The van der Waals surface area contributed by atoms with E-state index >= 15 is 0 Å². The molecule has 1 aromatic heterocycles. The van der Waals surface area contributed by atoms with Gasteiger partial charge in [-0.05, 0) is 69.2 Å². The normalized spacial score (nSPS) is 27.8. The van der Waals surface area contributed by atoms with E-state index in [1.54, 1.807) is 27.7 Å². The van der Waals surface area contributed by atoms with Crippen molar-refractivity contribution in [2.75, 3.05) is 49.2 Å². The molecular weight excluding hydrogens is 1310 g/mol. The summed E-state index contributed by atoms with van der Waals surface area (Å²) in [6.07, 6.45) is 6.53. The topological polar surface area (TPSA) is 482 Å². The molecule has 0 unspecified atom stereocenters. The van der Waals surface area contributed by atoms with Crippen molar-refractivity contribution < 1.29 is 77.3 Å². The first-order chi connectivity index (χ1) is 44.8. The number of fused-ring (bicyclic) bond motifs is 6. The Morgan fingerprint density at radius 1 is 0.681 bits per heavy atom. The summed E-state index contributed by atoms with van der Waals surface area (Å²) >= 11 is 0. The minimum atomic E-state index is -1.69. The number of unbranched alkanes of at least 4 members (excludes halogenated alkanes) is 1. The van der Waals surface area contributed by atoms with E-state index < -0.39 is 174 Å². The van der Waals surface area contributed by atoms with Crippen LogP contribution in [0.15, 0.2) is 12.5 Å². The maximum absolute atomic E-state index is 15.0. The lowest BCUT2D eigenvalue weighted by molar-refractivity contribution is -0.146. The third-order valence-electron chi connectivity index (χ3n) is 16.4. The standard InChI is InChI=1S/C58H90N16O16S4/c1-29(2)18-35-51(82)70-39-25-92-91-24-38(49(80)62-22-44(77)65-36(19-31-10-6-5-7-11-31)52(83)66-33(50(81)67-35)12-8-9-16-59)69-54(85)40(71-55(86)46(30(3)4)73-45(78)23-61-48(79)34-13-14-43(76)64-34)26-93-94-27-41(58(89)90)72-56(87)47-42(75)15-17-74(47)57(88)37(68-53(39)84)20-32-21-60-28-63-32/h21,28-31,33-42,46-47,75H,5-20,22-27,59H2,1-4H3,(H,60,63)(H,61,79)(H,62,80)(H,64,76)(H,65,77)(H,66,83)(H,67,81)(H,68,84)(H,69,85)(H,70,82)(H,71,86)(H,72,87)(H,73,78)(H,89,90)/t33-,34-,35-,36-,37-,38-,39-,40-,41-,42-,46-,47-/m0/s1. The van der Waals surface area contributed by atoms with Gasteiger partial charge in [-0.3, -0.25) is 62.3 Å². The number of rotatable bonds is 18. The number of carboxylic acid groups (broad SMARTS) is 1. The molecule has 5 fully saturated rings. The van der Waals surface area contributed by atoms with Crippen LogP contribution in [-0.2, 0) is 73.5 Å². The molecule has 0 radical (unpaired) electrons. The Labute approximate surface area is 560 Å². The predicted molar refractivity (Wildman–Crippen MR) is 349 cm³/mol. The van der Waals surface area contributed by atoms with E-state index in [0.717, 1.165) is 80.2 Å². The fourth-order valence-electron chi connectivity index (χ4n) is 11.3. The Hall–Kier alpha value is -6.89. The molecule has 6 rings (SSSR count). The van der Waals surface area contributed by atoms with Crippen LogP contribution >= 0.6 is 43.2 Å². The van der Waals surface area contributed by atoms with Crippen molar-refractivity contribution in [2.45, 2.75) is 190 Å². The van der Waals surface area contributed by atoms with E-state index in [1.807, 2.05) is 0 Å². The van der Waals surface area contributed by atoms with Crippen molar-refractivity contribution >= 4 is 126 Å². The van der Waals surface area contributed by atoms with Crippen molar-refractivity contribution in [1.29, 1.82) is 0 Å². The van der Waals surface area contributed by atoms with Crippen LogP contribution in [0, 0.1) is 17.8 Å². The molecule has 522 valence electrons. The average Bonchev–Trinajstić information content (AvgIpc) is 1.63. The zero-order valence-electron chi connectivity index (χ0n) is 53.1. The number of aliphatic hydroxyl groups excluding tert-OH is 1. The summed E-state index contributed by atoms with van der Waals surface area (Å²) in [5, 5.41) is 53.1. The lowest BCUT2D eigenvalue weighted by atomic mass is 9.84. The number of aromatic amines is 1. The number of aromatic nitrogens is 2. The van der Waals surface area contributed by atoms with Gasteiger partial charge in [-0.15, -0.1) is 0 Å². The van der Waals surface area contributed by atoms with Gasteiger partial charge in [0.1, 0.15) is 66.5 Å². The Bertz CT molecular complexity index is 2860. The second kappa shape index (κ2) is 38.0. The molecule has 4 aliphatic heterocycles. The number of H-pyrrole nitrogens is 1. The van der Waals surface area contributed by atoms with E-state index in [0.29, 0.717) is 18.5 Å². The first-order valence-corrected chi connectivity index (χ1v) is 36.7. The van der Waals surface area contributed by atoms with Gasteiger partial charge >= 0.3 is 5.97 Å². The lowest BCUT2D eigenvalue weighted by Gasteiger charge is -2.31. The zero-order chi connectivity index (χ0) is 68.6. The molecule has 0 aromatic carbocycles. The molecule has 12 atom stereocenters. The Morgan fingerprint density at radius 3 is 1.98 bits per heavy atom. The monoisotopic (exact) mass is 1390 g/mol. The third kappa shape index (κ3) is 23.8. The van der Waals surface area contributed by atoms with Crippen LogP contribution in [0.3, 0.4) is 0 Å². The summed E-state index contributed by atoms with van der Waals surface area (Å²) in [6.45, 7) is 5.50. The van der Waals surface area contributed by atoms with E-state index in [9.17, 15) is 77.3 Å². The van der Waals surface area contributed by atoms with Crippen molar-refractivity contribution in [3.8, 4) is 0 Å². The van der Waals surface area contributed by atoms with Gasteiger partial charge in [0.05, 0.1) is 25.5 Å². The molecule has 2 bridgehead atoms. The molecule has 13 amide bonds. The highest BCUT2D eigenvalue weighted by molar-refractivity contribution is 8.77. The van der Waals surface area contributed by atoms with Crippen LogP contribution in [-0.4, -0.2) is 230 Å². The quantitative estimate of drug-likeness (QED) is 0.0500. The van der Waals surface area contributed by atoms with Crippen LogP contribution in [0.2, 0.25) is 0 Å². The highest BCUT2D eigenvalue weighted by atomic mass is 33.1. The number of carbonyl (C=O) groups excluding carboxylic acids is 13. The number of nitrogens with zero attached hydrogens (tertiary/aromatic N) is 2. The number of imidazole rings is 1. The van der Waals surface area contributed by atoms with Gasteiger partial charge in [0.2, 0.25) is 76.8 Å². The number of carboxylic acids is 1. The summed E-state index contributed by atoms with van der Waals surface area (Å²) in [5.41, 5.74) is 6.18. The number of hydrogen-bond acceptors (Lipinski definition) is 21. The van der Waals surface area contributed by atoms with Gasteiger partial charge in [0.25, 0.3) is 0 Å². The number of carbonyl (C=O) groups is 14. The second-order valence-corrected chi connectivity index (χ2v) is 29.8. The molecule has 32 nitrogen and oxygen atoms in total. The summed E-state index contributed by atoms with van der Waals surface area (Å²) < 4.78 is 0. The molecule has 1 aromatic rings. The molecule has 17 N–H and O–H groups in total. The number of aliphatic hydroxyl groups is 1. The minimum absolute atomic E-state index is 0.00540. The van der Waals surface area contributed by atoms with Crippen LogP contribution < -0.4 is 69.5 Å². The number of hydrogen-bond donors (Lipinski definition) is 16. The van der Waals surface area contributed by atoms with Crippen molar-refractivity contribution in [2.24, 2.45) is 23.5 Å². The molecule has 0 spiro atoms. The van der Waals surface area contributed by atoms with Gasteiger partial charge in [0.15, 0.2) is 0 Å². The fourth-order valence-corrected chi connectivity index (χ4v) is 15.9. The highest BCUT2D eigenvalue weighted by Crippen LogP contribution is 2.29. The van der Waals surface area contributed by atoms with E-state index in [-0.39, 0.29) is 93.0 Å². The minimum Gasteiger partial charge on any atom is -0.480 e. The first kappa shape index (κ1) is 76.1. The Morgan fingerprint density at radius 2 is 1.33 bits per heavy atom. The molecule has 94 heavy (non-hydrogen) atoms. The molecule has 1 saturated carbocycles. The lowest BCUT2D eigenvalue weighted by Crippen LogP contribution is -2.61. The molecule has 36 heteroatoms. The van der Waals surface area contributed by atoms with Gasteiger partial charge in [0, 0.05) is 54.3 Å². The fraction of sp³-hybridized carbons (Fsp3) is 0.707. The molecule has 5 aliphatic rings. The van der Waals surface area contributed by atoms with Gasteiger partial charge in [-0.25, -0.2) is 9.78 Å². The largest absolute Gasteiger partial charge is 0.480 e. The van der Waals surface area contributed by atoms with Crippen molar-refractivity contribution in [3.05, 3.63) is 18.2 Å². The second-order valence-electron chi connectivity index (χ2n) is 24.7. The zero-order valence-corrected chi connectivity index (χ0v) is 56.4. The van der Waals surface area contributed by atoms with Crippen LogP contribution in [0.1, 0.15) is 117 Å². The molecule has 1 aliphatic carbocycles. The third-order valence-corrected chi connectivity index (χ3v) is 21.3. The predicted octanol–water partition coefficient (Wildman–Crippen LogP) is -3.54. The highest BCUT2D eigenvalue weighted by Gasteiger charge is 2.45. The van der Waals surface area contributed by atoms with E-state index in [4.69, 9.17) is 5.73 Å². The van der Waals surface area contributed by atoms with Gasteiger partial charge < -0.3 is 89.6 Å². The van der Waals surface area contributed by atoms with Gasteiger partial charge in [-0.1, -0.05) is 103 Å². The SMILES string of the molecule is CC(C)C[C@@H]1NC(=O)[C@H](CCCCN)NC(=O)[C@H](CC2CCCCC2)NC(=O)CNC(=O)[C@@H]2CSSC[C@H](NC1=O)C(=O)N[C@@H](Cc1cnc[nH]1)C(=O)N1CC[C@H](O)[C@H]1C(=O)N[C@H](C(=O)O)CSSC[C@H](NC(=O)[C@@H](NC(=O)CNC(=O)[C@@H]1CCC(=O)N1)C(C)C)C(=O)N2. The Balaban J connectivity index is 1.40. The number of amides is 13. The maximum atomic E-state index is 15.0. The van der Waals surface area contributed by atoms with E-state index in [2.05, 4.69) is 73.8 Å². The number of nitrogens with one attached hydrogen (secondary N) is 13. The average molecular weight is 1400 g/mol. The maximum Gasteiger partial charge on any atom is 0.327 e. The smallest absolute Gasteiger partial charge is 0.327 e. The number of nitrogens with two attached hydrogens (primary N) is 1. The molecular formula is C58H90N16O16S4. The van der Waals surface area contributed by atoms with E-state index in [1.165, 1.54) is 12.5 Å². The Kier molecular flexibility index (Phi) is 30.8. The van der Waals surface area contributed by atoms with Crippen molar-refractivity contribution in [3.63, 3.8) is 0 Å². The van der Waals surface area contributed by atoms with Crippen LogP contribution in [0.5, 0.6) is 0 Å². The summed E-state index contributed by atoms with van der Waals surface area (Å²) in [4.78, 5) is 204. The molecule has 5 heterocycles. The number of aliphatic carboxylic acids is 1. The summed E-state index contributed by atoms with van der Waals surface area (Å²) in [7, 11) is 3.59. The van der Waals surface area contributed by atoms with Crippen LogP contribution in [0.4, 0.5) is 0 Å². The summed E-state index contributed by atoms with van der Waals surface area (Å²) in [5.74, 6) is -14.5. The van der Waals surface area contributed by atoms with Crippen molar-refractivity contribution in [1.82, 2.24) is 78.7 Å². The summed E-state index contributed by atoms with van der Waals surface area (Å²) in [6, 6.07) is -15.6. The molecule has 4 saturated heterocycles.